The Hall–Kier alpha value is -1.14. The SMILES string of the molecule is CCNC(=O)CN1CCN(C(=O)CC2CCNCC2)CC1. The lowest BCUT2D eigenvalue weighted by Crippen LogP contribution is -2.51. The van der Waals surface area contributed by atoms with E-state index in [1.54, 1.807) is 0 Å². The van der Waals surface area contributed by atoms with E-state index >= 15 is 0 Å². The zero-order valence-electron chi connectivity index (χ0n) is 13.1. The molecule has 2 aliphatic heterocycles. The number of rotatable bonds is 5. The van der Waals surface area contributed by atoms with Gasteiger partial charge in [0, 0.05) is 39.1 Å². The fourth-order valence-corrected chi connectivity index (χ4v) is 3.07. The third-order valence-electron chi connectivity index (χ3n) is 4.39. The average molecular weight is 296 g/mol. The molecule has 2 amide bonds. The fourth-order valence-electron chi connectivity index (χ4n) is 3.07. The van der Waals surface area contributed by atoms with Crippen molar-refractivity contribution < 1.29 is 9.59 Å². The molecule has 120 valence electrons. The van der Waals surface area contributed by atoms with Crippen LogP contribution in [0.2, 0.25) is 0 Å². The van der Waals surface area contributed by atoms with Crippen molar-refractivity contribution >= 4 is 11.8 Å². The molecule has 6 nitrogen and oxygen atoms in total. The Bertz CT molecular complexity index is 348. The van der Waals surface area contributed by atoms with Crippen LogP contribution in [0.25, 0.3) is 0 Å². The Morgan fingerprint density at radius 2 is 1.81 bits per heavy atom. The van der Waals surface area contributed by atoms with Gasteiger partial charge in [-0.05, 0) is 38.8 Å². The summed E-state index contributed by atoms with van der Waals surface area (Å²) < 4.78 is 0. The lowest BCUT2D eigenvalue weighted by atomic mass is 9.94. The summed E-state index contributed by atoms with van der Waals surface area (Å²) in [5.41, 5.74) is 0. The number of nitrogens with zero attached hydrogens (tertiary/aromatic N) is 2. The lowest BCUT2D eigenvalue weighted by molar-refractivity contribution is -0.134. The van der Waals surface area contributed by atoms with Crippen molar-refractivity contribution in [1.82, 2.24) is 20.4 Å². The van der Waals surface area contributed by atoms with Crippen LogP contribution in [-0.2, 0) is 9.59 Å². The standard InChI is InChI=1S/C15H28N4O2/c1-2-17-14(20)12-18-7-9-19(10-8-18)15(21)11-13-3-5-16-6-4-13/h13,16H,2-12H2,1H3,(H,17,20). The van der Waals surface area contributed by atoms with E-state index in [1.807, 2.05) is 11.8 Å². The van der Waals surface area contributed by atoms with E-state index in [9.17, 15) is 9.59 Å². The van der Waals surface area contributed by atoms with Gasteiger partial charge in [-0.1, -0.05) is 0 Å². The van der Waals surface area contributed by atoms with Gasteiger partial charge in [-0.25, -0.2) is 0 Å². The largest absolute Gasteiger partial charge is 0.355 e. The maximum atomic E-state index is 12.3. The first-order valence-electron chi connectivity index (χ1n) is 8.16. The molecule has 6 heteroatoms. The molecule has 0 bridgehead atoms. The fraction of sp³-hybridized carbons (Fsp3) is 0.867. The molecule has 0 atom stereocenters. The van der Waals surface area contributed by atoms with Crippen LogP contribution in [0.3, 0.4) is 0 Å². The van der Waals surface area contributed by atoms with Crippen molar-refractivity contribution in [2.45, 2.75) is 26.2 Å². The van der Waals surface area contributed by atoms with Gasteiger partial charge in [0.1, 0.15) is 0 Å². The van der Waals surface area contributed by atoms with Gasteiger partial charge in [0.05, 0.1) is 6.54 Å². The number of carbonyl (C=O) groups is 2. The van der Waals surface area contributed by atoms with Crippen molar-refractivity contribution in [1.29, 1.82) is 0 Å². The van der Waals surface area contributed by atoms with E-state index in [1.165, 1.54) is 0 Å². The Morgan fingerprint density at radius 3 is 2.43 bits per heavy atom. The van der Waals surface area contributed by atoms with Gasteiger partial charge < -0.3 is 15.5 Å². The molecule has 0 aromatic carbocycles. The highest BCUT2D eigenvalue weighted by Crippen LogP contribution is 2.17. The van der Waals surface area contributed by atoms with Gasteiger partial charge in [-0.15, -0.1) is 0 Å². The van der Waals surface area contributed by atoms with Crippen LogP contribution in [0.1, 0.15) is 26.2 Å². The number of piperazine rings is 1. The van der Waals surface area contributed by atoms with Crippen LogP contribution in [0.4, 0.5) is 0 Å². The molecule has 2 N–H and O–H groups in total. The van der Waals surface area contributed by atoms with Gasteiger partial charge >= 0.3 is 0 Å². The van der Waals surface area contributed by atoms with E-state index in [0.29, 0.717) is 31.3 Å². The molecule has 0 spiro atoms. The number of hydrogen-bond acceptors (Lipinski definition) is 4. The molecule has 2 heterocycles. The van der Waals surface area contributed by atoms with Gasteiger partial charge in [0.2, 0.25) is 11.8 Å². The normalized spacial score (nSPS) is 21.3. The highest BCUT2D eigenvalue weighted by atomic mass is 16.2. The van der Waals surface area contributed by atoms with Gasteiger partial charge in [-0.3, -0.25) is 14.5 Å². The average Bonchev–Trinajstić information content (AvgIpc) is 2.49. The van der Waals surface area contributed by atoms with Crippen molar-refractivity contribution in [3.8, 4) is 0 Å². The second kappa shape index (κ2) is 8.34. The second-order valence-electron chi connectivity index (χ2n) is 6.01. The minimum Gasteiger partial charge on any atom is -0.355 e. The predicted molar refractivity (Wildman–Crippen MR) is 81.9 cm³/mol. The summed E-state index contributed by atoms with van der Waals surface area (Å²) in [6, 6.07) is 0. The first-order valence-corrected chi connectivity index (χ1v) is 8.16. The summed E-state index contributed by atoms with van der Waals surface area (Å²) in [5.74, 6) is 0.915. The van der Waals surface area contributed by atoms with Crippen LogP contribution < -0.4 is 10.6 Å². The van der Waals surface area contributed by atoms with Gasteiger partial charge in [-0.2, -0.15) is 0 Å². The molecule has 0 unspecified atom stereocenters. The number of carbonyl (C=O) groups excluding carboxylic acids is 2. The first kappa shape index (κ1) is 16.2. The summed E-state index contributed by atoms with van der Waals surface area (Å²) in [4.78, 5) is 27.9. The monoisotopic (exact) mass is 296 g/mol. The molecule has 2 fully saturated rings. The molecule has 0 aromatic rings. The molecular weight excluding hydrogens is 268 g/mol. The highest BCUT2D eigenvalue weighted by molar-refractivity contribution is 5.78. The molecular formula is C15H28N4O2. The van der Waals surface area contributed by atoms with Crippen LogP contribution in [0, 0.1) is 5.92 Å². The zero-order valence-corrected chi connectivity index (χ0v) is 13.1. The minimum absolute atomic E-state index is 0.0759. The number of piperidine rings is 1. The van der Waals surface area contributed by atoms with E-state index < -0.39 is 0 Å². The van der Waals surface area contributed by atoms with Gasteiger partial charge in [0.25, 0.3) is 0 Å². The predicted octanol–water partition coefficient (Wildman–Crippen LogP) is -0.344. The maximum absolute atomic E-state index is 12.3. The van der Waals surface area contributed by atoms with Crippen LogP contribution >= 0.6 is 0 Å². The Labute approximate surface area is 127 Å². The quantitative estimate of drug-likeness (QED) is 0.728. The zero-order chi connectivity index (χ0) is 15.1. The molecule has 21 heavy (non-hydrogen) atoms. The molecule has 2 saturated heterocycles. The van der Waals surface area contributed by atoms with E-state index in [4.69, 9.17) is 0 Å². The van der Waals surface area contributed by atoms with E-state index in [2.05, 4.69) is 15.5 Å². The molecule has 0 saturated carbocycles. The van der Waals surface area contributed by atoms with E-state index in [-0.39, 0.29) is 5.91 Å². The maximum Gasteiger partial charge on any atom is 0.234 e. The minimum atomic E-state index is 0.0759. The molecule has 2 rings (SSSR count). The summed E-state index contributed by atoms with van der Waals surface area (Å²) in [6.45, 7) is 8.24. The molecule has 0 radical (unpaired) electrons. The molecule has 2 aliphatic rings. The summed E-state index contributed by atoms with van der Waals surface area (Å²) in [6.07, 6.45) is 2.92. The number of nitrogens with one attached hydrogen (secondary N) is 2. The second-order valence-corrected chi connectivity index (χ2v) is 6.01. The summed E-state index contributed by atoms with van der Waals surface area (Å²) in [7, 11) is 0. The van der Waals surface area contributed by atoms with Crippen LogP contribution in [0.5, 0.6) is 0 Å². The van der Waals surface area contributed by atoms with Crippen LogP contribution in [0.15, 0.2) is 0 Å². The first-order chi connectivity index (χ1) is 10.2. The van der Waals surface area contributed by atoms with Crippen molar-refractivity contribution in [2.24, 2.45) is 5.92 Å². The third kappa shape index (κ3) is 5.28. The smallest absolute Gasteiger partial charge is 0.234 e. The highest BCUT2D eigenvalue weighted by Gasteiger charge is 2.24. The Morgan fingerprint density at radius 1 is 1.14 bits per heavy atom. The number of amides is 2. The van der Waals surface area contributed by atoms with Crippen molar-refractivity contribution in [3.63, 3.8) is 0 Å². The van der Waals surface area contributed by atoms with Gasteiger partial charge in [0.15, 0.2) is 0 Å². The Kier molecular flexibility index (Phi) is 6.45. The molecule has 0 aromatic heterocycles. The topological polar surface area (TPSA) is 64.7 Å². The number of likely N-dealkylation sites (N-methyl/N-ethyl adjacent to an activating group) is 1. The van der Waals surface area contributed by atoms with Crippen LogP contribution in [-0.4, -0.2) is 74.0 Å². The Balaban J connectivity index is 1.67. The van der Waals surface area contributed by atoms with E-state index in [0.717, 1.165) is 52.1 Å². The third-order valence-corrected chi connectivity index (χ3v) is 4.39. The summed E-state index contributed by atoms with van der Waals surface area (Å²) >= 11 is 0. The lowest BCUT2D eigenvalue weighted by Gasteiger charge is -2.35. The van der Waals surface area contributed by atoms with Crippen molar-refractivity contribution in [3.05, 3.63) is 0 Å². The summed E-state index contributed by atoms with van der Waals surface area (Å²) in [5, 5.41) is 6.15. The van der Waals surface area contributed by atoms with Crippen molar-refractivity contribution in [2.75, 3.05) is 52.4 Å². The molecule has 0 aliphatic carbocycles. The number of hydrogen-bond donors (Lipinski definition) is 2.